The number of piperazine rings is 1. The molecule has 0 N–H and O–H groups in total. The molecular weight excluding hydrogens is 424 g/mol. The highest BCUT2D eigenvalue weighted by Crippen LogP contribution is 2.35. The van der Waals surface area contributed by atoms with Crippen LogP contribution < -0.4 is 4.74 Å². The molecule has 7 heteroatoms. The van der Waals surface area contributed by atoms with Crippen LogP contribution in [0.3, 0.4) is 0 Å². The minimum atomic E-state index is -0.151. The van der Waals surface area contributed by atoms with Crippen molar-refractivity contribution in [2.75, 3.05) is 45.9 Å². The number of carbonyl (C=O) groups is 1. The number of hydrogen-bond acceptors (Lipinski definition) is 5. The number of rotatable bonds is 7. The van der Waals surface area contributed by atoms with Crippen LogP contribution in [0.4, 0.5) is 0 Å². The average molecular weight is 455 g/mol. The van der Waals surface area contributed by atoms with Crippen LogP contribution in [0.2, 0.25) is 5.02 Å². The molecule has 1 amide bonds. The van der Waals surface area contributed by atoms with Crippen LogP contribution in [0.15, 0.2) is 53.6 Å². The van der Waals surface area contributed by atoms with Crippen molar-refractivity contribution in [3.63, 3.8) is 0 Å². The Morgan fingerprint density at radius 1 is 1.03 bits per heavy atom. The van der Waals surface area contributed by atoms with Crippen LogP contribution in [0.25, 0.3) is 0 Å². The van der Waals surface area contributed by atoms with E-state index in [0.29, 0.717) is 24.6 Å². The summed E-state index contributed by atoms with van der Waals surface area (Å²) in [5.74, 6) is 0.851. The van der Waals surface area contributed by atoms with Gasteiger partial charge in [0.2, 0.25) is 0 Å². The average Bonchev–Trinajstić information content (AvgIpc) is 3.26. The number of benzene rings is 2. The first kappa shape index (κ1) is 22.8. The second-order valence-electron chi connectivity index (χ2n) is 8.20. The van der Waals surface area contributed by atoms with E-state index in [4.69, 9.17) is 21.4 Å². The van der Waals surface area contributed by atoms with Crippen LogP contribution in [-0.2, 0) is 4.79 Å². The van der Waals surface area contributed by atoms with Gasteiger partial charge in [0.05, 0.1) is 24.9 Å². The van der Waals surface area contributed by atoms with E-state index in [1.54, 1.807) is 5.01 Å². The quantitative estimate of drug-likeness (QED) is 0.633. The zero-order valence-electron chi connectivity index (χ0n) is 18.8. The SMILES string of the molecule is CCOc1ccc([C@H]2CC(c3ccccc3Cl)=NN2C(=O)CN2CCN(CC)CC2)cc1. The molecule has 0 saturated carbocycles. The summed E-state index contributed by atoms with van der Waals surface area (Å²) in [6.07, 6.45) is 0.632. The molecule has 2 aromatic rings. The summed E-state index contributed by atoms with van der Waals surface area (Å²) in [5.41, 5.74) is 2.78. The number of nitrogens with zero attached hydrogens (tertiary/aromatic N) is 4. The van der Waals surface area contributed by atoms with Crippen molar-refractivity contribution in [1.29, 1.82) is 0 Å². The van der Waals surface area contributed by atoms with Gasteiger partial charge in [0.15, 0.2) is 0 Å². The highest BCUT2D eigenvalue weighted by Gasteiger charge is 2.34. The van der Waals surface area contributed by atoms with Crippen molar-refractivity contribution in [3.8, 4) is 5.75 Å². The second kappa shape index (κ2) is 10.5. The standard InChI is InChI=1S/C25H31ClN4O2/c1-3-28-13-15-29(16-14-28)18-25(31)30-24(19-9-11-20(12-10-19)32-4-2)17-23(27-30)21-7-5-6-8-22(21)26/h5-12,24H,3-4,13-18H2,1-2H3/t24-/m1/s1. The largest absolute Gasteiger partial charge is 0.494 e. The lowest BCUT2D eigenvalue weighted by Crippen LogP contribution is -2.49. The van der Waals surface area contributed by atoms with E-state index in [1.807, 2.05) is 55.5 Å². The van der Waals surface area contributed by atoms with E-state index in [2.05, 4.69) is 16.7 Å². The fourth-order valence-corrected chi connectivity index (χ4v) is 4.58. The fraction of sp³-hybridized carbons (Fsp3) is 0.440. The monoisotopic (exact) mass is 454 g/mol. The van der Waals surface area contributed by atoms with E-state index in [1.165, 1.54) is 0 Å². The minimum absolute atomic E-state index is 0.0240. The topological polar surface area (TPSA) is 48.4 Å². The van der Waals surface area contributed by atoms with Crippen molar-refractivity contribution in [1.82, 2.24) is 14.8 Å². The van der Waals surface area contributed by atoms with Gasteiger partial charge in [-0.15, -0.1) is 0 Å². The highest BCUT2D eigenvalue weighted by atomic mass is 35.5. The Morgan fingerprint density at radius 2 is 1.72 bits per heavy atom. The molecule has 0 spiro atoms. The molecule has 0 unspecified atom stereocenters. The van der Waals surface area contributed by atoms with E-state index >= 15 is 0 Å². The first-order valence-corrected chi connectivity index (χ1v) is 11.8. The van der Waals surface area contributed by atoms with Crippen LogP contribution in [0, 0.1) is 0 Å². The maximum atomic E-state index is 13.4. The van der Waals surface area contributed by atoms with Gasteiger partial charge in [-0.3, -0.25) is 9.69 Å². The molecule has 1 fully saturated rings. The lowest BCUT2D eigenvalue weighted by molar-refractivity contribution is -0.134. The molecule has 2 aliphatic heterocycles. The third-order valence-electron chi connectivity index (χ3n) is 6.20. The molecule has 6 nitrogen and oxygen atoms in total. The zero-order valence-corrected chi connectivity index (χ0v) is 19.6. The Kier molecular flexibility index (Phi) is 7.45. The summed E-state index contributed by atoms with van der Waals surface area (Å²) in [7, 11) is 0. The van der Waals surface area contributed by atoms with Gasteiger partial charge in [0.1, 0.15) is 5.75 Å². The van der Waals surface area contributed by atoms with Gasteiger partial charge < -0.3 is 9.64 Å². The smallest absolute Gasteiger partial charge is 0.257 e. The Bertz CT molecular complexity index is 955. The van der Waals surface area contributed by atoms with Crippen LogP contribution in [0.1, 0.15) is 37.4 Å². The van der Waals surface area contributed by atoms with Gasteiger partial charge in [-0.25, -0.2) is 5.01 Å². The summed E-state index contributed by atoms with van der Waals surface area (Å²) < 4.78 is 5.59. The van der Waals surface area contributed by atoms with Crippen molar-refractivity contribution in [2.24, 2.45) is 5.10 Å². The number of likely N-dealkylation sites (N-methyl/N-ethyl adjacent to an activating group) is 1. The molecule has 170 valence electrons. The van der Waals surface area contributed by atoms with Gasteiger partial charge in [-0.2, -0.15) is 5.10 Å². The minimum Gasteiger partial charge on any atom is -0.494 e. The third-order valence-corrected chi connectivity index (χ3v) is 6.53. The van der Waals surface area contributed by atoms with Crippen molar-refractivity contribution < 1.29 is 9.53 Å². The maximum Gasteiger partial charge on any atom is 0.257 e. The van der Waals surface area contributed by atoms with E-state index in [-0.39, 0.29) is 11.9 Å². The first-order chi connectivity index (χ1) is 15.6. The molecule has 0 aromatic heterocycles. The number of carbonyl (C=O) groups excluding carboxylic acids is 1. The van der Waals surface area contributed by atoms with Crippen LogP contribution in [0.5, 0.6) is 5.75 Å². The molecule has 1 atom stereocenters. The molecule has 1 saturated heterocycles. The molecular formula is C25H31ClN4O2. The molecule has 2 aromatic carbocycles. The van der Waals surface area contributed by atoms with Gasteiger partial charge in [-0.05, 0) is 37.2 Å². The number of amides is 1. The number of ether oxygens (including phenoxy) is 1. The highest BCUT2D eigenvalue weighted by molar-refractivity contribution is 6.34. The predicted octanol–water partition coefficient (Wildman–Crippen LogP) is 4.05. The Balaban J connectivity index is 1.55. The lowest BCUT2D eigenvalue weighted by atomic mass is 9.98. The number of hydrogen-bond donors (Lipinski definition) is 0. The van der Waals surface area contributed by atoms with E-state index in [0.717, 1.165) is 55.3 Å². The zero-order chi connectivity index (χ0) is 22.5. The fourth-order valence-electron chi connectivity index (χ4n) is 4.34. The molecule has 0 aliphatic carbocycles. The Hall–Kier alpha value is -2.41. The number of halogens is 1. The first-order valence-electron chi connectivity index (χ1n) is 11.4. The van der Waals surface area contributed by atoms with E-state index < -0.39 is 0 Å². The molecule has 32 heavy (non-hydrogen) atoms. The summed E-state index contributed by atoms with van der Waals surface area (Å²) in [6.45, 7) is 10.0. The Morgan fingerprint density at radius 3 is 2.38 bits per heavy atom. The van der Waals surface area contributed by atoms with Crippen molar-refractivity contribution >= 4 is 23.2 Å². The van der Waals surface area contributed by atoms with Gasteiger partial charge in [0.25, 0.3) is 5.91 Å². The molecule has 2 aliphatic rings. The van der Waals surface area contributed by atoms with Crippen LogP contribution in [-0.4, -0.2) is 72.3 Å². The summed E-state index contributed by atoms with van der Waals surface area (Å²) in [6, 6.07) is 15.5. The second-order valence-corrected chi connectivity index (χ2v) is 8.60. The van der Waals surface area contributed by atoms with E-state index in [9.17, 15) is 4.79 Å². The molecule has 4 rings (SSSR count). The molecule has 0 radical (unpaired) electrons. The molecule has 0 bridgehead atoms. The van der Waals surface area contributed by atoms with Gasteiger partial charge in [0, 0.05) is 43.2 Å². The van der Waals surface area contributed by atoms with Gasteiger partial charge >= 0.3 is 0 Å². The summed E-state index contributed by atoms with van der Waals surface area (Å²) in [4.78, 5) is 18.0. The third kappa shape index (κ3) is 5.14. The van der Waals surface area contributed by atoms with Crippen molar-refractivity contribution in [3.05, 3.63) is 64.7 Å². The lowest BCUT2D eigenvalue weighted by Gasteiger charge is -2.34. The summed E-state index contributed by atoms with van der Waals surface area (Å²) in [5, 5.41) is 7.10. The van der Waals surface area contributed by atoms with Gasteiger partial charge in [-0.1, -0.05) is 48.9 Å². The number of hydrazone groups is 1. The normalized spacial score (nSPS) is 19.8. The van der Waals surface area contributed by atoms with Crippen molar-refractivity contribution in [2.45, 2.75) is 26.3 Å². The molecule has 2 heterocycles. The maximum absolute atomic E-state index is 13.4. The Labute approximate surface area is 195 Å². The predicted molar refractivity (Wildman–Crippen MR) is 128 cm³/mol. The van der Waals surface area contributed by atoms with Crippen LogP contribution >= 0.6 is 11.6 Å². The summed E-state index contributed by atoms with van der Waals surface area (Å²) >= 11 is 6.45.